The molecule has 1 aromatic carbocycles. The van der Waals surface area contributed by atoms with E-state index in [1.54, 1.807) is 0 Å². The SMILES string of the molecule is COC(=O)C1CCCN1S(=O)(=O)c1cccc(F)c1N. The molecule has 1 heterocycles. The number of esters is 1. The van der Waals surface area contributed by atoms with Gasteiger partial charge in [-0.2, -0.15) is 4.31 Å². The largest absolute Gasteiger partial charge is 0.468 e. The van der Waals surface area contributed by atoms with Gasteiger partial charge < -0.3 is 10.5 Å². The molecule has 1 saturated heterocycles. The number of ether oxygens (including phenoxy) is 1. The van der Waals surface area contributed by atoms with Gasteiger partial charge in [0.15, 0.2) is 0 Å². The molecular formula is C12H15FN2O4S. The Morgan fingerprint density at radius 1 is 1.50 bits per heavy atom. The number of nitrogens with two attached hydrogens (primary N) is 1. The maximum absolute atomic E-state index is 13.4. The molecule has 1 aromatic rings. The zero-order valence-corrected chi connectivity index (χ0v) is 11.7. The van der Waals surface area contributed by atoms with Crippen LogP contribution in [0.4, 0.5) is 10.1 Å². The van der Waals surface area contributed by atoms with Crippen molar-refractivity contribution in [3.05, 3.63) is 24.0 Å². The summed E-state index contributed by atoms with van der Waals surface area (Å²) in [6, 6.07) is 2.69. The van der Waals surface area contributed by atoms with Crippen molar-refractivity contribution in [3.8, 4) is 0 Å². The van der Waals surface area contributed by atoms with Gasteiger partial charge in [-0.1, -0.05) is 6.07 Å². The number of nitrogens with zero attached hydrogens (tertiary/aromatic N) is 1. The zero-order valence-electron chi connectivity index (χ0n) is 10.9. The third-order valence-corrected chi connectivity index (χ3v) is 5.24. The average molecular weight is 302 g/mol. The standard InChI is InChI=1S/C12H15FN2O4S/c1-19-12(16)9-5-3-7-15(9)20(17,18)10-6-2-4-8(13)11(10)14/h2,4,6,9H,3,5,7,14H2,1H3. The molecule has 0 radical (unpaired) electrons. The van der Waals surface area contributed by atoms with Crippen molar-refractivity contribution >= 4 is 21.7 Å². The quantitative estimate of drug-likeness (QED) is 0.657. The van der Waals surface area contributed by atoms with Crippen molar-refractivity contribution in [2.75, 3.05) is 19.4 Å². The second kappa shape index (κ2) is 5.37. The number of hydrogen-bond donors (Lipinski definition) is 1. The molecule has 1 fully saturated rings. The lowest BCUT2D eigenvalue weighted by atomic mass is 10.2. The Kier molecular flexibility index (Phi) is 3.96. The summed E-state index contributed by atoms with van der Waals surface area (Å²) in [5, 5.41) is 0. The van der Waals surface area contributed by atoms with Gasteiger partial charge in [-0.25, -0.2) is 12.8 Å². The zero-order chi connectivity index (χ0) is 14.9. The van der Waals surface area contributed by atoms with Gasteiger partial charge in [-0.15, -0.1) is 0 Å². The van der Waals surface area contributed by atoms with E-state index in [2.05, 4.69) is 4.74 Å². The van der Waals surface area contributed by atoms with Gasteiger partial charge in [-0.05, 0) is 25.0 Å². The van der Waals surface area contributed by atoms with E-state index in [-0.39, 0.29) is 11.4 Å². The smallest absolute Gasteiger partial charge is 0.324 e. The molecule has 1 aliphatic rings. The van der Waals surface area contributed by atoms with Crippen LogP contribution in [0.3, 0.4) is 0 Å². The number of sulfonamides is 1. The van der Waals surface area contributed by atoms with Crippen LogP contribution in [-0.2, 0) is 19.6 Å². The summed E-state index contributed by atoms with van der Waals surface area (Å²) < 4.78 is 44.1. The van der Waals surface area contributed by atoms with Crippen molar-refractivity contribution < 1.29 is 22.3 Å². The Morgan fingerprint density at radius 2 is 2.20 bits per heavy atom. The Bertz CT molecular complexity index is 632. The number of carbonyl (C=O) groups is 1. The highest BCUT2D eigenvalue weighted by atomic mass is 32.2. The molecule has 8 heteroatoms. The first-order chi connectivity index (χ1) is 9.39. The number of methoxy groups -OCH3 is 1. The average Bonchev–Trinajstić information content (AvgIpc) is 2.90. The monoisotopic (exact) mass is 302 g/mol. The van der Waals surface area contributed by atoms with Crippen molar-refractivity contribution in [1.29, 1.82) is 0 Å². The molecule has 0 saturated carbocycles. The number of nitrogen functional groups attached to an aromatic ring is 1. The summed E-state index contributed by atoms with van der Waals surface area (Å²) in [5.41, 5.74) is 5.05. The number of carbonyl (C=O) groups excluding carboxylic acids is 1. The van der Waals surface area contributed by atoms with Crippen LogP contribution < -0.4 is 5.73 Å². The summed E-state index contributed by atoms with van der Waals surface area (Å²) in [6.07, 6.45) is 0.912. The lowest BCUT2D eigenvalue weighted by Gasteiger charge is -2.22. The topological polar surface area (TPSA) is 89.7 Å². The van der Waals surface area contributed by atoms with Gasteiger partial charge in [0.05, 0.1) is 12.8 Å². The number of benzene rings is 1. The predicted octanol–water partition coefficient (Wildman–Crippen LogP) is 0.734. The molecule has 110 valence electrons. The maximum atomic E-state index is 13.4. The van der Waals surface area contributed by atoms with E-state index in [1.165, 1.54) is 19.2 Å². The minimum Gasteiger partial charge on any atom is -0.468 e. The lowest BCUT2D eigenvalue weighted by Crippen LogP contribution is -2.41. The van der Waals surface area contributed by atoms with E-state index in [4.69, 9.17) is 5.73 Å². The van der Waals surface area contributed by atoms with E-state index >= 15 is 0 Å². The Balaban J connectivity index is 2.44. The Morgan fingerprint density at radius 3 is 2.85 bits per heavy atom. The molecule has 20 heavy (non-hydrogen) atoms. The molecule has 0 amide bonds. The normalized spacial score (nSPS) is 20.0. The van der Waals surface area contributed by atoms with Crippen LogP contribution in [0, 0.1) is 5.82 Å². The van der Waals surface area contributed by atoms with Gasteiger partial charge in [0, 0.05) is 6.54 Å². The van der Waals surface area contributed by atoms with Crippen molar-refractivity contribution in [3.63, 3.8) is 0 Å². The fourth-order valence-electron chi connectivity index (χ4n) is 2.27. The molecule has 0 aromatic heterocycles. The number of para-hydroxylation sites is 1. The summed E-state index contributed by atoms with van der Waals surface area (Å²) in [5.74, 6) is -1.43. The summed E-state index contributed by atoms with van der Waals surface area (Å²) in [6.45, 7) is 0.179. The van der Waals surface area contributed by atoms with Gasteiger partial charge in [0.2, 0.25) is 10.0 Å². The molecule has 2 N–H and O–H groups in total. The Hall–Kier alpha value is -1.67. The fraction of sp³-hybridized carbons (Fsp3) is 0.417. The van der Waals surface area contributed by atoms with Gasteiger partial charge >= 0.3 is 5.97 Å². The molecular weight excluding hydrogens is 287 g/mol. The predicted molar refractivity (Wildman–Crippen MR) is 69.7 cm³/mol. The second-order valence-corrected chi connectivity index (χ2v) is 6.31. The molecule has 1 aliphatic heterocycles. The first-order valence-electron chi connectivity index (χ1n) is 6.03. The summed E-state index contributed by atoms with van der Waals surface area (Å²) >= 11 is 0. The molecule has 0 bridgehead atoms. The van der Waals surface area contributed by atoms with Crippen LogP contribution in [0.1, 0.15) is 12.8 Å². The number of anilines is 1. The highest BCUT2D eigenvalue weighted by Gasteiger charge is 2.41. The molecule has 2 rings (SSSR count). The molecule has 6 nitrogen and oxygen atoms in total. The van der Waals surface area contributed by atoms with Gasteiger partial charge in [-0.3, -0.25) is 4.79 Å². The van der Waals surface area contributed by atoms with Gasteiger partial charge in [0.1, 0.15) is 16.8 Å². The summed E-state index contributed by atoms with van der Waals surface area (Å²) in [7, 11) is -2.83. The van der Waals surface area contributed by atoms with Gasteiger partial charge in [0.25, 0.3) is 0 Å². The molecule has 1 atom stereocenters. The van der Waals surface area contributed by atoms with Crippen LogP contribution >= 0.6 is 0 Å². The van der Waals surface area contributed by atoms with E-state index < -0.39 is 33.5 Å². The van der Waals surface area contributed by atoms with Crippen LogP contribution in [0.25, 0.3) is 0 Å². The number of halogens is 1. The molecule has 1 unspecified atom stereocenters. The van der Waals surface area contributed by atoms with Crippen LogP contribution in [0.2, 0.25) is 0 Å². The number of rotatable bonds is 3. The highest BCUT2D eigenvalue weighted by molar-refractivity contribution is 7.89. The Labute approximate surface area is 116 Å². The van der Waals surface area contributed by atoms with Crippen LogP contribution in [-0.4, -0.2) is 38.4 Å². The minimum absolute atomic E-state index is 0.179. The third kappa shape index (κ3) is 2.36. The third-order valence-electron chi connectivity index (χ3n) is 3.28. The summed E-state index contributed by atoms with van der Waals surface area (Å²) in [4.78, 5) is 11.3. The van der Waals surface area contributed by atoms with Crippen LogP contribution in [0.5, 0.6) is 0 Å². The van der Waals surface area contributed by atoms with Crippen LogP contribution in [0.15, 0.2) is 23.1 Å². The maximum Gasteiger partial charge on any atom is 0.324 e. The minimum atomic E-state index is -4.03. The van der Waals surface area contributed by atoms with Crippen molar-refractivity contribution in [1.82, 2.24) is 4.31 Å². The molecule has 0 spiro atoms. The number of hydrogen-bond acceptors (Lipinski definition) is 5. The van der Waals surface area contributed by atoms with E-state index in [0.29, 0.717) is 12.8 Å². The fourth-order valence-corrected chi connectivity index (χ4v) is 4.04. The second-order valence-electron chi connectivity index (χ2n) is 4.45. The highest BCUT2D eigenvalue weighted by Crippen LogP contribution is 2.30. The first kappa shape index (κ1) is 14.7. The molecule has 0 aliphatic carbocycles. The van der Waals surface area contributed by atoms with Crippen molar-refractivity contribution in [2.45, 2.75) is 23.8 Å². The van der Waals surface area contributed by atoms with E-state index in [1.807, 2.05) is 0 Å². The lowest BCUT2D eigenvalue weighted by molar-refractivity contribution is -0.144. The first-order valence-corrected chi connectivity index (χ1v) is 7.47. The van der Waals surface area contributed by atoms with E-state index in [9.17, 15) is 17.6 Å². The van der Waals surface area contributed by atoms with Crippen molar-refractivity contribution in [2.24, 2.45) is 0 Å². The van der Waals surface area contributed by atoms with E-state index in [0.717, 1.165) is 10.4 Å².